The fourth-order valence-corrected chi connectivity index (χ4v) is 4.74. The minimum atomic E-state index is -0.0281. The highest BCUT2D eigenvalue weighted by atomic mass is 32.1. The highest BCUT2D eigenvalue weighted by Gasteiger charge is 2.30. The lowest BCUT2D eigenvalue weighted by molar-refractivity contribution is -0.130. The summed E-state index contributed by atoms with van der Waals surface area (Å²) in [6.07, 6.45) is 3.64. The lowest BCUT2D eigenvalue weighted by atomic mass is 10.2. The van der Waals surface area contributed by atoms with Gasteiger partial charge in [-0.2, -0.15) is 0 Å². The summed E-state index contributed by atoms with van der Waals surface area (Å²) < 4.78 is 0. The van der Waals surface area contributed by atoms with E-state index in [4.69, 9.17) is 5.73 Å². The Labute approximate surface area is 148 Å². The van der Waals surface area contributed by atoms with Gasteiger partial charge in [0.2, 0.25) is 5.91 Å². The molecule has 2 aromatic rings. The molecule has 24 heavy (non-hydrogen) atoms. The Kier molecular flexibility index (Phi) is 5.27. The molecule has 1 unspecified atom stereocenters. The molecule has 1 aliphatic rings. The summed E-state index contributed by atoms with van der Waals surface area (Å²) in [5.41, 5.74) is 5.50. The second-order valence-electron chi connectivity index (χ2n) is 5.74. The number of carbonyl (C=O) groups is 2. The van der Waals surface area contributed by atoms with E-state index in [0.717, 1.165) is 29.3 Å². The van der Waals surface area contributed by atoms with Crippen molar-refractivity contribution in [3.63, 3.8) is 0 Å². The van der Waals surface area contributed by atoms with Crippen LogP contribution in [0.2, 0.25) is 0 Å². The van der Waals surface area contributed by atoms with Gasteiger partial charge in [-0.15, -0.1) is 22.7 Å². The number of amides is 2. The van der Waals surface area contributed by atoms with Crippen molar-refractivity contribution >= 4 is 34.5 Å². The van der Waals surface area contributed by atoms with Crippen LogP contribution in [0.15, 0.2) is 23.7 Å². The van der Waals surface area contributed by atoms with Crippen LogP contribution in [0.1, 0.15) is 38.4 Å². The topological polar surface area (TPSA) is 79.5 Å². The van der Waals surface area contributed by atoms with Crippen LogP contribution in [-0.4, -0.2) is 46.7 Å². The summed E-state index contributed by atoms with van der Waals surface area (Å²) in [7, 11) is 1.78. The van der Waals surface area contributed by atoms with Crippen LogP contribution >= 0.6 is 22.7 Å². The molecule has 8 heteroatoms. The Hall–Kier alpha value is -1.77. The molecular formula is C16H20N4O2S2. The number of carbonyl (C=O) groups excluding carboxylic acids is 2. The van der Waals surface area contributed by atoms with Crippen LogP contribution in [0, 0.1) is 0 Å². The third-order valence-corrected chi connectivity index (χ3v) is 6.06. The standard InChI is InChI=1S/C16H20N4O2S2/c1-19(10-14-18-6-8-23-14)16(22)13-5-4-12(24-13)11-3-2-7-20(11)15(21)9-17/h4-6,8,11H,2-3,7,9-10,17H2,1H3. The van der Waals surface area contributed by atoms with Crippen molar-refractivity contribution < 1.29 is 9.59 Å². The van der Waals surface area contributed by atoms with Crippen LogP contribution in [0.25, 0.3) is 0 Å². The Morgan fingerprint density at radius 3 is 3.00 bits per heavy atom. The van der Waals surface area contributed by atoms with Crippen LogP contribution in [0.4, 0.5) is 0 Å². The number of nitrogens with two attached hydrogens (primary N) is 1. The van der Waals surface area contributed by atoms with Crippen LogP contribution in [0.3, 0.4) is 0 Å². The van der Waals surface area contributed by atoms with Crippen molar-refractivity contribution in [2.45, 2.75) is 25.4 Å². The zero-order valence-electron chi connectivity index (χ0n) is 13.5. The molecule has 3 heterocycles. The largest absolute Gasteiger partial charge is 0.334 e. The third-order valence-electron chi connectivity index (χ3n) is 4.12. The van der Waals surface area contributed by atoms with Crippen molar-refractivity contribution in [1.29, 1.82) is 0 Å². The number of likely N-dealkylation sites (tertiary alicyclic amines) is 1. The second-order valence-corrected chi connectivity index (χ2v) is 7.83. The Morgan fingerprint density at radius 1 is 1.46 bits per heavy atom. The van der Waals surface area contributed by atoms with Crippen LogP contribution in [0.5, 0.6) is 0 Å². The summed E-state index contributed by atoms with van der Waals surface area (Å²) in [4.78, 5) is 34.0. The number of rotatable bonds is 5. The van der Waals surface area contributed by atoms with E-state index in [9.17, 15) is 9.59 Å². The Morgan fingerprint density at radius 2 is 2.29 bits per heavy atom. The van der Waals surface area contributed by atoms with Crippen molar-refractivity contribution in [2.24, 2.45) is 5.73 Å². The van der Waals surface area contributed by atoms with E-state index < -0.39 is 0 Å². The molecule has 1 atom stereocenters. The van der Waals surface area contributed by atoms with Gasteiger partial charge in [-0.25, -0.2) is 4.98 Å². The fraction of sp³-hybridized carbons (Fsp3) is 0.438. The molecule has 2 aromatic heterocycles. The third kappa shape index (κ3) is 3.50. The molecule has 1 saturated heterocycles. The van der Waals surface area contributed by atoms with Gasteiger partial charge in [0, 0.05) is 30.0 Å². The SMILES string of the molecule is CN(Cc1nccs1)C(=O)c1ccc(C2CCCN2C(=O)CN)s1. The maximum Gasteiger partial charge on any atom is 0.264 e. The minimum Gasteiger partial charge on any atom is -0.334 e. The smallest absolute Gasteiger partial charge is 0.264 e. The lowest BCUT2D eigenvalue weighted by Crippen LogP contribution is -2.35. The molecule has 0 bridgehead atoms. The van der Waals surface area contributed by atoms with Gasteiger partial charge in [-0.3, -0.25) is 9.59 Å². The van der Waals surface area contributed by atoms with Crippen molar-refractivity contribution in [1.82, 2.24) is 14.8 Å². The van der Waals surface area contributed by atoms with Gasteiger partial charge in [0.1, 0.15) is 5.01 Å². The minimum absolute atomic E-state index is 0.0175. The zero-order chi connectivity index (χ0) is 17.1. The number of thiazole rings is 1. The first kappa shape index (κ1) is 17.1. The molecule has 0 aliphatic carbocycles. The first-order chi connectivity index (χ1) is 11.6. The van der Waals surface area contributed by atoms with E-state index in [1.165, 1.54) is 22.7 Å². The van der Waals surface area contributed by atoms with Crippen molar-refractivity contribution in [3.8, 4) is 0 Å². The summed E-state index contributed by atoms with van der Waals surface area (Å²) in [5.74, 6) is -0.0455. The summed E-state index contributed by atoms with van der Waals surface area (Å²) in [5, 5.41) is 2.82. The molecule has 1 fully saturated rings. The predicted octanol–water partition coefficient (Wildman–Crippen LogP) is 2.10. The fourth-order valence-electron chi connectivity index (χ4n) is 2.92. The van der Waals surface area contributed by atoms with E-state index >= 15 is 0 Å². The van der Waals surface area contributed by atoms with Crippen LogP contribution in [-0.2, 0) is 11.3 Å². The van der Waals surface area contributed by atoms with Gasteiger partial charge in [0.25, 0.3) is 5.91 Å². The number of hydrogen-bond donors (Lipinski definition) is 1. The Balaban J connectivity index is 1.70. The van der Waals surface area contributed by atoms with Gasteiger partial charge < -0.3 is 15.5 Å². The number of thiophene rings is 1. The normalized spacial score (nSPS) is 17.2. The van der Waals surface area contributed by atoms with Gasteiger partial charge >= 0.3 is 0 Å². The average Bonchev–Trinajstić information content (AvgIpc) is 3.32. The summed E-state index contributed by atoms with van der Waals surface area (Å²) in [6, 6.07) is 3.86. The van der Waals surface area contributed by atoms with Gasteiger partial charge in [-0.1, -0.05) is 0 Å². The van der Waals surface area contributed by atoms with E-state index in [2.05, 4.69) is 4.98 Å². The summed E-state index contributed by atoms with van der Waals surface area (Å²) >= 11 is 3.01. The quantitative estimate of drug-likeness (QED) is 0.881. The van der Waals surface area contributed by atoms with E-state index in [1.807, 2.05) is 22.4 Å². The van der Waals surface area contributed by atoms with Crippen LogP contribution < -0.4 is 5.73 Å². The van der Waals surface area contributed by atoms with E-state index in [0.29, 0.717) is 11.4 Å². The molecule has 0 saturated carbocycles. The van der Waals surface area contributed by atoms with Gasteiger partial charge in [-0.05, 0) is 25.0 Å². The zero-order valence-corrected chi connectivity index (χ0v) is 15.1. The van der Waals surface area contributed by atoms with Crippen molar-refractivity contribution in [3.05, 3.63) is 38.5 Å². The molecule has 0 aromatic carbocycles. The predicted molar refractivity (Wildman–Crippen MR) is 95.0 cm³/mol. The van der Waals surface area contributed by atoms with Gasteiger partial charge in [0.05, 0.1) is 24.0 Å². The average molecular weight is 364 g/mol. The monoisotopic (exact) mass is 364 g/mol. The first-order valence-electron chi connectivity index (χ1n) is 7.83. The highest BCUT2D eigenvalue weighted by Crippen LogP contribution is 2.36. The van der Waals surface area contributed by atoms with Gasteiger partial charge in [0.15, 0.2) is 0 Å². The molecular weight excluding hydrogens is 344 g/mol. The molecule has 6 nitrogen and oxygen atoms in total. The molecule has 128 valence electrons. The first-order valence-corrected chi connectivity index (χ1v) is 9.53. The molecule has 1 aliphatic heterocycles. The second kappa shape index (κ2) is 7.42. The number of aromatic nitrogens is 1. The van der Waals surface area contributed by atoms with E-state index in [1.54, 1.807) is 18.1 Å². The molecule has 3 rings (SSSR count). The molecule has 2 N–H and O–H groups in total. The summed E-state index contributed by atoms with van der Waals surface area (Å²) in [6.45, 7) is 1.28. The van der Waals surface area contributed by atoms with Crippen molar-refractivity contribution in [2.75, 3.05) is 20.1 Å². The maximum absolute atomic E-state index is 12.6. The maximum atomic E-state index is 12.6. The lowest BCUT2D eigenvalue weighted by Gasteiger charge is -2.23. The number of nitrogens with zero attached hydrogens (tertiary/aromatic N) is 3. The molecule has 2 amide bonds. The van der Waals surface area contributed by atoms with E-state index in [-0.39, 0.29) is 24.4 Å². The molecule has 0 radical (unpaired) electrons. The number of hydrogen-bond acceptors (Lipinski definition) is 6. The molecule has 0 spiro atoms. The Bertz CT molecular complexity index is 713. The highest BCUT2D eigenvalue weighted by molar-refractivity contribution is 7.14.